The highest BCUT2D eigenvalue weighted by molar-refractivity contribution is 5.89. The van der Waals surface area contributed by atoms with E-state index in [4.69, 9.17) is 9.47 Å². The number of nitrogens with zero attached hydrogens (tertiary/aromatic N) is 5. The Kier molecular flexibility index (Phi) is 8.61. The first-order valence-electron chi connectivity index (χ1n) is 12.1. The summed E-state index contributed by atoms with van der Waals surface area (Å²) in [6, 6.07) is 3.77. The van der Waals surface area contributed by atoms with E-state index in [0.717, 1.165) is 24.4 Å². The molecule has 1 aliphatic heterocycles. The van der Waals surface area contributed by atoms with Crippen LogP contribution in [-0.2, 0) is 6.18 Å². The second-order valence-electron chi connectivity index (χ2n) is 8.93. The smallest absolute Gasteiger partial charge is 0.451 e. The van der Waals surface area contributed by atoms with E-state index >= 15 is 0 Å². The highest BCUT2D eigenvalue weighted by Crippen LogP contribution is 2.35. The minimum absolute atomic E-state index is 0.0465. The summed E-state index contributed by atoms with van der Waals surface area (Å²) >= 11 is 0. The molecule has 2 amide bonds. The van der Waals surface area contributed by atoms with Crippen molar-refractivity contribution < 1.29 is 41.3 Å². The first-order chi connectivity index (χ1) is 19.0. The molecule has 0 aliphatic carbocycles. The normalized spacial score (nSPS) is 15.1. The molecule has 1 fully saturated rings. The predicted molar refractivity (Wildman–Crippen MR) is 130 cm³/mol. The number of aryl methyl sites for hydroxylation is 1. The molecule has 1 saturated heterocycles. The number of hydrogen-bond donors (Lipinski definition) is 2. The number of anilines is 1. The average Bonchev–Trinajstić information content (AvgIpc) is 2.93. The van der Waals surface area contributed by atoms with E-state index in [1.54, 1.807) is 6.92 Å². The Labute approximate surface area is 225 Å². The van der Waals surface area contributed by atoms with Gasteiger partial charge in [-0.1, -0.05) is 6.07 Å². The maximum Gasteiger partial charge on any atom is 0.451 e. The number of piperidine rings is 1. The largest absolute Gasteiger partial charge is 0.474 e. The van der Waals surface area contributed by atoms with Gasteiger partial charge < -0.3 is 24.8 Å². The van der Waals surface area contributed by atoms with Crippen molar-refractivity contribution >= 4 is 11.7 Å². The van der Waals surface area contributed by atoms with Gasteiger partial charge in [0.15, 0.2) is 0 Å². The Hall–Kier alpha value is -4.14. The Balaban J connectivity index is 1.47. The standard InChI is InChI=1S/C25H25F5N6O4/c1-13-19(17(37)12-40-18-6-9-31-22(33-18)25(28,29)30)20(34-23(32-13)39-2)14-7-10-36(11-8-14)24(38)35-21-15(26)4-3-5-16(21)27/h3-6,9,14,17,37H,7-8,10-12H2,1-2H3,(H,35,38). The van der Waals surface area contributed by atoms with Crippen LogP contribution in [-0.4, -0.2) is 62.8 Å². The first-order valence-corrected chi connectivity index (χ1v) is 12.1. The molecular formula is C25H25F5N6O4. The summed E-state index contributed by atoms with van der Waals surface area (Å²) in [5, 5.41) is 13.2. The molecule has 15 heteroatoms. The molecule has 0 radical (unpaired) electrons. The second-order valence-corrected chi connectivity index (χ2v) is 8.93. The number of halogens is 5. The van der Waals surface area contributed by atoms with Crippen LogP contribution in [0.25, 0.3) is 0 Å². The highest BCUT2D eigenvalue weighted by Gasteiger charge is 2.35. The summed E-state index contributed by atoms with van der Waals surface area (Å²) in [7, 11) is 1.37. The lowest BCUT2D eigenvalue weighted by molar-refractivity contribution is -0.145. The average molecular weight is 569 g/mol. The zero-order valence-electron chi connectivity index (χ0n) is 21.4. The van der Waals surface area contributed by atoms with E-state index in [2.05, 4.69) is 25.3 Å². The number of alkyl halides is 3. The highest BCUT2D eigenvalue weighted by atomic mass is 19.4. The molecule has 214 valence electrons. The van der Waals surface area contributed by atoms with Gasteiger partial charge in [0, 0.05) is 36.8 Å². The van der Waals surface area contributed by atoms with E-state index in [1.807, 2.05) is 0 Å². The van der Waals surface area contributed by atoms with Crippen molar-refractivity contribution in [2.45, 2.75) is 38.0 Å². The molecule has 2 aromatic heterocycles. The van der Waals surface area contributed by atoms with Gasteiger partial charge in [0.25, 0.3) is 0 Å². The Morgan fingerprint density at radius 1 is 1.15 bits per heavy atom. The molecule has 40 heavy (non-hydrogen) atoms. The molecular weight excluding hydrogens is 543 g/mol. The van der Waals surface area contributed by atoms with E-state index in [-0.39, 0.29) is 30.9 Å². The molecule has 2 N–H and O–H groups in total. The second kappa shape index (κ2) is 11.9. The maximum absolute atomic E-state index is 13.9. The molecule has 3 aromatic rings. The topological polar surface area (TPSA) is 123 Å². The fourth-order valence-electron chi connectivity index (χ4n) is 4.36. The van der Waals surface area contributed by atoms with Crippen LogP contribution in [0.4, 0.5) is 32.4 Å². The van der Waals surface area contributed by atoms with Gasteiger partial charge in [0.2, 0.25) is 11.7 Å². The number of amides is 2. The van der Waals surface area contributed by atoms with Crippen LogP contribution in [0.5, 0.6) is 11.9 Å². The van der Waals surface area contributed by atoms with Gasteiger partial charge in [-0.2, -0.15) is 23.1 Å². The van der Waals surface area contributed by atoms with Crippen LogP contribution in [0.15, 0.2) is 30.5 Å². The van der Waals surface area contributed by atoms with E-state index < -0.39 is 48.1 Å². The zero-order valence-corrected chi connectivity index (χ0v) is 21.4. The first kappa shape index (κ1) is 28.9. The molecule has 10 nitrogen and oxygen atoms in total. The number of nitrogens with one attached hydrogen (secondary N) is 1. The fraction of sp³-hybridized carbons (Fsp3) is 0.400. The molecule has 1 aliphatic rings. The zero-order chi connectivity index (χ0) is 29.0. The quantitative estimate of drug-likeness (QED) is 0.402. The molecule has 0 saturated carbocycles. The van der Waals surface area contributed by atoms with Gasteiger partial charge >= 0.3 is 18.2 Å². The molecule has 4 rings (SSSR count). The Morgan fingerprint density at radius 2 is 1.82 bits per heavy atom. The van der Waals surface area contributed by atoms with Crippen molar-refractivity contribution in [3.63, 3.8) is 0 Å². The number of aliphatic hydroxyl groups excluding tert-OH is 1. The summed E-state index contributed by atoms with van der Waals surface area (Å²) < 4.78 is 77.1. The fourth-order valence-corrected chi connectivity index (χ4v) is 4.36. The van der Waals surface area contributed by atoms with E-state index in [0.29, 0.717) is 29.8 Å². The lowest BCUT2D eigenvalue weighted by Crippen LogP contribution is -2.41. The van der Waals surface area contributed by atoms with Crippen LogP contribution >= 0.6 is 0 Å². The number of carbonyl (C=O) groups is 1. The van der Waals surface area contributed by atoms with Crippen LogP contribution in [0.1, 0.15) is 47.6 Å². The third-order valence-corrected chi connectivity index (χ3v) is 6.30. The van der Waals surface area contributed by atoms with E-state index in [1.165, 1.54) is 18.1 Å². The van der Waals surface area contributed by atoms with Crippen molar-refractivity contribution in [1.82, 2.24) is 24.8 Å². The van der Waals surface area contributed by atoms with Crippen molar-refractivity contribution in [2.75, 3.05) is 32.1 Å². The van der Waals surface area contributed by atoms with Crippen molar-refractivity contribution in [2.24, 2.45) is 0 Å². The summed E-state index contributed by atoms with van der Waals surface area (Å²) in [4.78, 5) is 29.2. The Bertz CT molecular complexity index is 1350. The molecule has 3 heterocycles. The monoisotopic (exact) mass is 568 g/mol. The minimum Gasteiger partial charge on any atom is -0.474 e. The number of urea groups is 1. The maximum atomic E-state index is 13.9. The van der Waals surface area contributed by atoms with Crippen LogP contribution in [0.3, 0.4) is 0 Å². The third-order valence-electron chi connectivity index (χ3n) is 6.30. The summed E-state index contributed by atoms with van der Waals surface area (Å²) in [5.74, 6) is -3.82. The number of rotatable bonds is 7. The number of aliphatic hydroxyl groups is 1. The van der Waals surface area contributed by atoms with Gasteiger partial charge in [0.05, 0.1) is 18.5 Å². The lowest BCUT2D eigenvalue weighted by Gasteiger charge is -2.33. The number of aromatic nitrogens is 4. The van der Waals surface area contributed by atoms with Crippen molar-refractivity contribution in [1.29, 1.82) is 0 Å². The van der Waals surface area contributed by atoms with E-state index in [9.17, 15) is 31.9 Å². The molecule has 1 atom stereocenters. The third kappa shape index (κ3) is 6.52. The van der Waals surface area contributed by atoms with Gasteiger partial charge in [-0.05, 0) is 31.9 Å². The Morgan fingerprint density at radius 3 is 2.45 bits per heavy atom. The summed E-state index contributed by atoms with van der Waals surface area (Å²) in [6.45, 7) is 1.59. The molecule has 0 spiro atoms. The van der Waals surface area contributed by atoms with Gasteiger partial charge in [-0.3, -0.25) is 0 Å². The number of methoxy groups -OCH3 is 1. The number of ether oxygens (including phenoxy) is 2. The molecule has 0 bridgehead atoms. The summed E-state index contributed by atoms with van der Waals surface area (Å²) in [6.07, 6.45) is -4.44. The number of para-hydroxylation sites is 1. The van der Waals surface area contributed by atoms with Crippen molar-refractivity contribution in [3.8, 4) is 11.9 Å². The lowest BCUT2D eigenvalue weighted by atomic mass is 9.88. The van der Waals surface area contributed by atoms with Crippen LogP contribution < -0.4 is 14.8 Å². The molecule has 1 unspecified atom stereocenters. The summed E-state index contributed by atoms with van der Waals surface area (Å²) in [5.41, 5.74) is 0.565. The van der Waals surface area contributed by atoms with Crippen LogP contribution in [0, 0.1) is 18.6 Å². The number of hydrogen-bond acceptors (Lipinski definition) is 8. The van der Waals surface area contributed by atoms with Gasteiger partial charge in [0.1, 0.15) is 30.0 Å². The predicted octanol–water partition coefficient (Wildman–Crippen LogP) is 4.40. The van der Waals surface area contributed by atoms with Gasteiger partial charge in [-0.15, -0.1) is 0 Å². The van der Waals surface area contributed by atoms with Crippen molar-refractivity contribution in [3.05, 3.63) is 64.9 Å². The van der Waals surface area contributed by atoms with Crippen LogP contribution in [0.2, 0.25) is 0 Å². The SMILES string of the molecule is COc1nc(C)c(C(O)COc2ccnc(C(F)(F)F)n2)c(C2CCN(C(=O)Nc3c(F)cccc3F)CC2)n1. The van der Waals surface area contributed by atoms with Gasteiger partial charge in [-0.25, -0.2) is 23.5 Å². The number of benzene rings is 1. The minimum atomic E-state index is -4.76. The number of likely N-dealkylation sites (tertiary alicyclic amines) is 1. The molecule has 1 aromatic carbocycles. The number of carbonyl (C=O) groups excluding carboxylic acids is 1.